The lowest BCUT2D eigenvalue weighted by Crippen LogP contribution is -2.21. The van der Waals surface area contributed by atoms with Crippen molar-refractivity contribution in [2.24, 2.45) is 0 Å². The van der Waals surface area contributed by atoms with Crippen LogP contribution in [-0.2, 0) is 4.74 Å². The molecule has 0 bridgehead atoms. The van der Waals surface area contributed by atoms with Gasteiger partial charge in [0.2, 0.25) is 0 Å². The third kappa shape index (κ3) is 2.67. The fourth-order valence-electron chi connectivity index (χ4n) is 2.15. The average molecular weight is 250 g/mol. The fourth-order valence-corrected chi connectivity index (χ4v) is 2.15. The monoisotopic (exact) mass is 250 g/mol. The van der Waals surface area contributed by atoms with E-state index in [0.29, 0.717) is 12.3 Å². The Kier molecular flexibility index (Phi) is 3.92. The molecule has 18 heavy (non-hydrogen) atoms. The summed E-state index contributed by atoms with van der Waals surface area (Å²) in [6.07, 6.45) is 1.72. The number of benzene rings is 1. The molecular formula is C13H18N2O3. The third-order valence-electron chi connectivity index (χ3n) is 2.97. The number of carbonyl (C=O) groups excluding carboxylic acids is 1. The Bertz CT molecular complexity index is 428. The van der Waals surface area contributed by atoms with Gasteiger partial charge in [-0.05, 0) is 31.9 Å². The van der Waals surface area contributed by atoms with Crippen LogP contribution in [0.15, 0.2) is 18.2 Å². The van der Waals surface area contributed by atoms with E-state index in [1.165, 1.54) is 0 Å². The average Bonchev–Trinajstić information content (AvgIpc) is 2.85. The van der Waals surface area contributed by atoms with Crippen LogP contribution in [0.5, 0.6) is 5.75 Å². The van der Waals surface area contributed by atoms with E-state index >= 15 is 0 Å². The van der Waals surface area contributed by atoms with Crippen LogP contribution >= 0.6 is 0 Å². The molecule has 1 aromatic carbocycles. The number of rotatable bonds is 3. The van der Waals surface area contributed by atoms with Crippen LogP contribution in [0, 0.1) is 0 Å². The van der Waals surface area contributed by atoms with Gasteiger partial charge in [-0.15, -0.1) is 0 Å². The predicted molar refractivity (Wildman–Crippen MR) is 70.2 cm³/mol. The lowest BCUT2D eigenvalue weighted by Gasteiger charge is -2.22. The summed E-state index contributed by atoms with van der Waals surface area (Å²) < 4.78 is 4.84. The van der Waals surface area contributed by atoms with Crippen molar-refractivity contribution in [2.45, 2.75) is 19.8 Å². The Labute approximate surface area is 106 Å². The fraction of sp³-hybridized carbons (Fsp3) is 0.462. The Morgan fingerprint density at radius 1 is 1.44 bits per heavy atom. The van der Waals surface area contributed by atoms with Crippen LogP contribution in [0.4, 0.5) is 16.2 Å². The molecule has 98 valence electrons. The van der Waals surface area contributed by atoms with Crippen molar-refractivity contribution in [1.82, 2.24) is 0 Å². The van der Waals surface area contributed by atoms with Crippen molar-refractivity contribution in [3.05, 3.63) is 18.2 Å². The number of amides is 1. The molecule has 1 heterocycles. The standard InChI is InChI=1S/C13H18N2O3/c1-2-18-13(17)14-12-10(6-5-7-11(12)16)15-8-3-4-9-15/h5-7,16H,2-4,8-9H2,1H3,(H,14,17). The number of para-hydroxylation sites is 1. The first-order valence-corrected chi connectivity index (χ1v) is 6.23. The van der Waals surface area contributed by atoms with Crippen LogP contribution in [0.25, 0.3) is 0 Å². The van der Waals surface area contributed by atoms with E-state index in [-0.39, 0.29) is 5.75 Å². The first-order valence-electron chi connectivity index (χ1n) is 6.23. The van der Waals surface area contributed by atoms with Gasteiger partial charge in [0, 0.05) is 13.1 Å². The van der Waals surface area contributed by atoms with Crippen LogP contribution in [0.3, 0.4) is 0 Å². The molecule has 0 radical (unpaired) electrons. The molecule has 0 unspecified atom stereocenters. The summed E-state index contributed by atoms with van der Waals surface area (Å²) in [6, 6.07) is 5.23. The van der Waals surface area contributed by atoms with Crippen LogP contribution in [0.1, 0.15) is 19.8 Å². The molecule has 1 amide bonds. The molecule has 2 rings (SSSR count). The maximum absolute atomic E-state index is 11.5. The first-order chi connectivity index (χ1) is 8.72. The molecule has 5 nitrogen and oxygen atoms in total. The van der Waals surface area contributed by atoms with Gasteiger partial charge in [-0.25, -0.2) is 4.79 Å². The molecule has 0 atom stereocenters. The molecule has 0 spiro atoms. The quantitative estimate of drug-likeness (QED) is 0.809. The molecule has 0 aliphatic carbocycles. The second-order valence-electron chi connectivity index (χ2n) is 4.21. The zero-order valence-electron chi connectivity index (χ0n) is 10.5. The lowest BCUT2D eigenvalue weighted by molar-refractivity contribution is 0.168. The molecule has 0 saturated carbocycles. The summed E-state index contributed by atoms with van der Waals surface area (Å²) in [7, 11) is 0. The van der Waals surface area contributed by atoms with Crippen LogP contribution in [-0.4, -0.2) is 30.9 Å². The van der Waals surface area contributed by atoms with Gasteiger partial charge in [-0.1, -0.05) is 6.07 Å². The van der Waals surface area contributed by atoms with E-state index in [1.807, 2.05) is 6.07 Å². The summed E-state index contributed by atoms with van der Waals surface area (Å²) in [5, 5.41) is 12.5. The zero-order chi connectivity index (χ0) is 13.0. The lowest BCUT2D eigenvalue weighted by atomic mass is 10.2. The molecule has 1 fully saturated rings. The van der Waals surface area contributed by atoms with Gasteiger partial charge in [-0.3, -0.25) is 5.32 Å². The van der Waals surface area contributed by atoms with Crippen molar-refractivity contribution in [3.8, 4) is 5.75 Å². The molecule has 5 heteroatoms. The molecular weight excluding hydrogens is 232 g/mol. The molecule has 1 aliphatic heterocycles. The minimum absolute atomic E-state index is 0.0625. The van der Waals surface area contributed by atoms with Crippen molar-refractivity contribution >= 4 is 17.5 Å². The van der Waals surface area contributed by atoms with E-state index < -0.39 is 6.09 Å². The molecule has 1 saturated heterocycles. The molecule has 1 aromatic rings. The zero-order valence-corrected chi connectivity index (χ0v) is 10.5. The van der Waals surface area contributed by atoms with Crippen LogP contribution < -0.4 is 10.2 Å². The predicted octanol–water partition coefficient (Wildman–Crippen LogP) is 2.56. The SMILES string of the molecule is CCOC(=O)Nc1c(O)cccc1N1CCCC1. The Morgan fingerprint density at radius 2 is 2.17 bits per heavy atom. The number of carbonyl (C=O) groups is 1. The van der Waals surface area contributed by atoms with Gasteiger partial charge in [0.15, 0.2) is 0 Å². The van der Waals surface area contributed by atoms with Crippen molar-refractivity contribution < 1.29 is 14.6 Å². The Morgan fingerprint density at radius 3 is 2.83 bits per heavy atom. The maximum atomic E-state index is 11.5. The van der Waals surface area contributed by atoms with Gasteiger partial charge >= 0.3 is 6.09 Å². The molecule has 2 N–H and O–H groups in total. The highest BCUT2D eigenvalue weighted by molar-refractivity contribution is 5.92. The Hall–Kier alpha value is -1.91. The summed E-state index contributed by atoms with van der Waals surface area (Å²) in [5.41, 5.74) is 1.28. The second kappa shape index (κ2) is 5.62. The number of aromatic hydroxyl groups is 1. The first kappa shape index (κ1) is 12.5. The summed E-state index contributed by atoms with van der Waals surface area (Å²) in [5.74, 6) is 0.0625. The third-order valence-corrected chi connectivity index (χ3v) is 2.97. The largest absolute Gasteiger partial charge is 0.506 e. The van der Waals surface area contributed by atoms with Gasteiger partial charge < -0.3 is 14.7 Å². The van der Waals surface area contributed by atoms with E-state index in [0.717, 1.165) is 31.6 Å². The summed E-state index contributed by atoms with van der Waals surface area (Å²) >= 11 is 0. The van der Waals surface area contributed by atoms with Crippen molar-refractivity contribution in [1.29, 1.82) is 0 Å². The Balaban J connectivity index is 2.23. The minimum atomic E-state index is -0.542. The highest BCUT2D eigenvalue weighted by atomic mass is 16.5. The topological polar surface area (TPSA) is 61.8 Å². The molecule has 0 aromatic heterocycles. The number of anilines is 2. The second-order valence-corrected chi connectivity index (χ2v) is 4.21. The number of ether oxygens (including phenoxy) is 1. The number of hydrogen-bond acceptors (Lipinski definition) is 4. The highest BCUT2D eigenvalue weighted by Gasteiger charge is 2.19. The summed E-state index contributed by atoms with van der Waals surface area (Å²) in [4.78, 5) is 13.6. The normalized spacial score (nSPS) is 14.6. The van der Waals surface area contributed by atoms with Gasteiger partial charge in [0.1, 0.15) is 11.4 Å². The van der Waals surface area contributed by atoms with E-state index in [1.54, 1.807) is 19.1 Å². The number of nitrogens with one attached hydrogen (secondary N) is 1. The van der Waals surface area contributed by atoms with Crippen molar-refractivity contribution in [2.75, 3.05) is 29.9 Å². The molecule has 1 aliphatic rings. The van der Waals surface area contributed by atoms with Gasteiger partial charge in [0.05, 0.1) is 12.3 Å². The van der Waals surface area contributed by atoms with Crippen LogP contribution in [0.2, 0.25) is 0 Å². The number of phenolic OH excluding ortho intramolecular Hbond substituents is 1. The maximum Gasteiger partial charge on any atom is 0.411 e. The van der Waals surface area contributed by atoms with Crippen molar-refractivity contribution in [3.63, 3.8) is 0 Å². The van der Waals surface area contributed by atoms with E-state index in [4.69, 9.17) is 4.74 Å². The number of phenols is 1. The number of hydrogen-bond donors (Lipinski definition) is 2. The van der Waals surface area contributed by atoms with E-state index in [2.05, 4.69) is 10.2 Å². The van der Waals surface area contributed by atoms with Gasteiger partial charge in [-0.2, -0.15) is 0 Å². The smallest absolute Gasteiger partial charge is 0.411 e. The minimum Gasteiger partial charge on any atom is -0.506 e. The van der Waals surface area contributed by atoms with Gasteiger partial charge in [0.25, 0.3) is 0 Å². The van der Waals surface area contributed by atoms with E-state index in [9.17, 15) is 9.90 Å². The number of nitrogens with zero attached hydrogens (tertiary/aromatic N) is 1. The summed E-state index contributed by atoms with van der Waals surface area (Å²) in [6.45, 7) is 3.94. The highest BCUT2D eigenvalue weighted by Crippen LogP contribution is 2.35.